The fourth-order valence-electron chi connectivity index (χ4n) is 4.58. The molecule has 0 radical (unpaired) electrons. The van der Waals surface area contributed by atoms with Gasteiger partial charge in [0.15, 0.2) is 0 Å². The number of hydrogen-bond acceptors (Lipinski definition) is 5. The fraction of sp³-hybridized carbons (Fsp3) is 0.259. The fourth-order valence-corrected chi connectivity index (χ4v) is 4.58. The lowest BCUT2D eigenvalue weighted by Crippen LogP contribution is -2.41. The standard InChI is InChI=1S/C27H27N3O4/c1-33-25-12-11-21(13-24(25)29-26(31)16-30-15-23-14-22(30)17-34-23)28-27(32)20-9-7-19(8-10-20)18-5-3-2-4-6-18/h2-13,22-23H,14-17H2,1H3,(H,28,32)(H,29,31)/t22-,23?/m0/s1. The van der Waals surface area contributed by atoms with Gasteiger partial charge in [-0.15, -0.1) is 0 Å². The molecule has 2 fully saturated rings. The van der Waals surface area contributed by atoms with Crippen LogP contribution in [0.15, 0.2) is 72.8 Å². The van der Waals surface area contributed by atoms with Gasteiger partial charge in [-0.2, -0.15) is 0 Å². The van der Waals surface area contributed by atoms with E-state index >= 15 is 0 Å². The summed E-state index contributed by atoms with van der Waals surface area (Å²) in [6.07, 6.45) is 1.23. The molecule has 2 saturated heterocycles. The Hall–Kier alpha value is -3.68. The third-order valence-corrected chi connectivity index (χ3v) is 6.35. The average molecular weight is 458 g/mol. The molecule has 2 amide bonds. The minimum Gasteiger partial charge on any atom is -0.495 e. The minimum absolute atomic E-state index is 0.120. The van der Waals surface area contributed by atoms with Gasteiger partial charge in [0.25, 0.3) is 5.91 Å². The highest BCUT2D eigenvalue weighted by Gasteiger charge is 2.39. The maximum atomic E-state index is 12.8. The molecule has 174 valence electrons. The van der Waals surface area contributed by atoms with Gasteiger partial charge in [-0.05, 0) is 47.9 Å². The van der Waals surface area contributed by atoms with Crippen molar-refractivity contribution in [1.82, 2.24) is 4.90 Å². The number of fused-ring (bicyclic) bond motifs is 2. The molecule has 0 aliphatic carbocycles. The van der Waals surface area contributed by atoms with Crippen LogP contribution < -0.4 is 15.4 Å². The quantitative estimate of drug-likeness (QED) is 0.560. The second-order valence-electron chi connectivity index (χ2n) is 8.64. The van der Waals surface area contributed by atoms with Crippen molar-refractivity contribution in [3.63, 3.8) is 0 Å². The lowest BCUT2D eigenvalue weighted by Gasteiger charge is -2.26. The molecule has 7 heteroatoms. The van der Waals surface area contributed by atoms with Gasteiger partial charge in [0.2, 0.25) is 5.91 Å². The van der Waals surface area contributed by atoms with Crippen LogP contribution >= 0.6 is 0 Å². The second-order valence-corrected chi connectivity index (χ2v) is 8.64. The predicted molar refractivity (Wildman–Crippen MR) is 131 cm³/mol. The Morgan fingerprint density at radius 2 is 1.76 bits per heavy atom. The molecule has 2 N–H and O–H groups in total. The van der Waals surface area contributed by atoms with Crippen LogP contribution in [-0.4, -0.2) is 55.7 Å². The summed E-state index contributed by atoms with van der Waals surface area (Å²) in [5.74, 6) is 0.186. The molecule has 1 unspecified atom stereocenters. The zero-order valence-electron chi connectivity index (χ0n) is 19.0. The van der Waals surface area contributed by atoms with Crippen molar-refractivity contribution in [2.24, 2.45) is 0 Å². The van der Waals surface area contributed by atoms with E-state index in [1.165, 1.54) is 0 Å². The predicted octanol–water partition coefficient (Wildman–Crippen LogP) is 4.03. The van der Waals surface area contributed by atoms with Crippen molar-refractivity contribution in [2.75, 3.05) is 37.4 Å². The number of likely N-dealkylation sites (tertiary alicyclic amines) is 1. The summed E-state index contributed by atoms with van der Waals surface area (Å²) in [5.41, 5.74) is 3.78. The average Bonchev–Trinajstić information content (AvgIpc) is 3.48. The molecule has 0 aromatic heterocycles. The number of nitrogens with zero attached hydrogens (tertiary/aromatic N) is 1. The van der Waals surface area contributed by atoms with Crippen molar-refractivity contribution < 1.29 is 19.1 Å². The molecule has 5 rings (SSSR count). The van der Waals surface area contributed by atoms with E-state index in [0.29, 0.717) is 41.9 Å². The first-order valence-electron chi connectivity index (χ1n) is 11.4. The summed E-state index contributed by atoms with van der Waals surface area (Å²) in [6, 6.07) is 23.0. The van der Waals surface area contributed by atoms with E-state index < -0.39 is 0 Å². The molecular formula is C27H27N3O4. The highest BCUT2D eigenvalue weighted by molar-refractivity contribution is 6.05. The van der Waals surface area contributed by atoms with E-state index in [4.69, 9.17) is 9.47 Å². The zero-order valence-corrected chi connectivity index (χ0v) is 19.0. The molecule has 3 aromatic rings. The molecular weight excluding hydrogens is 430 g/mol. The molecule has 2 bridgehead atoms. The molecule has 3 aromatic carbocycles. The van der Waals surface area contributed by atoms with Crippen LogP contribution in [-0.2, 0) is 9.53 Å². The van der Waals surface area contributed by atoms with Gasteiger partial charge in [-0.3, -0.25) is 14.5 Å². The van der Waals surface area contributed by atoms with Crippen molar-refractivity contribution in [2.45, 2.75) is 18.6 Å². The highest BCUT2D eigenvalue weighted by Crippen LogP contribution is 2.30. The first kappa shape index (κ1) is 22.1. The van der Waals surface area contributed by atoms with Crippen LogP contribution in [0, 0.1) is 0 Å². The SMILES string of the molecule is COc1ccc(NC(=O)c2ccc(-c3ccccc3)cc2)cc1NC(=O)CN1CC2C[C@H]1CO2. The summed E-state index contributed by atoms with van der Waals surface area (Å²) in [5, 5.41) is 5.83. The molecule has 0 spiro atoms. The van der Waals surface area contributed by atoms with Crippen molar-refractivity contribution in [1.29, 1.82) is 0 Å². The highest BCUT2D eigenvalue weighted by atomic mass is 16.5. The lowest BCUT2D eigenvalue weighted by atomic mass is 10.0. The normalized spacial score (nSPS) is 19.1. The number of hydrogen-bond donors (Lipinski definition) is 2. The Morgan fingerprint density at radius 3 is 2.44 bits per heavy atom. The second kappa shape index (κ2) is 9.67. The number of carbonyl (C=O) groups excluding carboxylic acids is 2. The minimum atomic E-state index is -0.227. The van der Waals surface area contributed by atoms with Crippen LogP contribution in [0.5, 0.6) is 5.75 Å². The van der Waals surface area contributed by atoms with Gasteiger partial charge in [0.1, 0.15) is 5.75 Å². The van der Waals surface area contributed by atoms with Crippen molar-refractivity contribution in [3.8, 4) is 16.9 Å². The largest absolute Gasteiger partial charge is 0.495 e. The summed E-state index contributed by atoms with van der Waals surface area (Å²) in [7, 11) is 1.55. The van der Waals surface area contributed by atoms with Crippen LogP contribution in [0.3, 0.4) is 0 Å². The van der Waals surface area contributed by atoms with E-state index in [2.05, 4.69) is 15.5 Å². The van der Waals surface area contributed by atoms with Gasteiger partial charge in [0, 0.05) is 23.8 Å². The van der Waals surface area contributed by atoms with Crippen molar-refractivity contribution in [3.05, 3.63) is 78.4 Å². The van der Waals surface area contributed by atoms with Crippen LogP contribution in [0.1, 0.15) is 16.8 Å². The first-order chi connectivity index (χ1) is 16.6. The van der Waals surface area contributed by atoms with Crippen LogP contribution in [0.4, 0.5) is 11.4 Å². The molecule has 2 aliphatic rings. The van der Waals surface area contributed by atoms with Gasteiger partial charge in [-0.1, -0.05) is 42.5 Å². The summed E-state index contributed by atoms with van der Waals surface area (Å²) < 4.78 is 11.0. The summed E-state index contributed by atoms with van der Waals surface area (Å²) >= 11 is 0. The smallest absolute Gasteiger partial charge is 0.255 e. The summed E-state index contributed by atoms with van der Waals surface area (Å²) in [6.45, 7) is 1.78. The molecule has 2 aliphatic heterocycles. The monoisotopic (exact) mass is 457 g/mol. The number of morpholine rings is 1. The maximum absolute atomic E-state index is 12.8. The number of ether oxygens (including phenoxy) is 2. The molecule has 2 heterocycles. The Bertz CT molecular complexity index is 1180. The summed E-state index contributed by atoms with van der Waals surface area (Å²) in [4.78, 5) is 27.6. The molecule has 34 heavy (non-hydrogen) atoms. The van der Waals surface area contributed by atoms with Crippen molar-refractivity contribution >= 4 is 23.2 Å². The molecule has 2 atom stereocenters. The maximum Gasteiger partial charge on any atom is 0.255 e. The van der Waals surface area contributed by atoms with E-state index in [0.717, 1.165) is 24.1 Å². The Morgan fingerprint density at radius 1 is 1.00 bits per heavy atom. The van der Waals surface area contributed by atoms with Gasteiger partial charge < -0.3 is 20.1 Å². The zero-order chi connectivity index (χ0) is 23.5. The Balaban J connectivity index is 1.24. The third-order valence-electron chi connectivity index (χ3n) is 6.35. The number of anilines is 2. The van der Waals surface area contributed by atoms with E-state index in [9.17, 15) is 9.59 Å². The first-order valence-corrected chi connectivity index (χ1v) is 11.4. The molecule has 0 saturated carbocycles. The number of nitrogens with one attached hydrogen (secondary N) is 2. The van der Waals surface area contributed by atoms with Crippen LogP contribution in [0.2, 0.25) is 0 Å². The number of methoxy groups -OCH3 is 1. The van der Waals surface area contributed by atoms with E-state index in [-0.39, 0.29) is 17.9 Å². The molecule has 7 nitrogen and oxygen atoms in total. The van der Waals surface area contributed by atoms with Gasteiger partial charge >= 0.3 is 0 Å². The number of carbonyl (C=O) groups is 2. The topological polar surface area (TPSA) is 79.9 Å². The number of rotatable bonds is 7. The lowest BCUT2D eigenvalue weighted by molar-refractivity contribution is -0.118. The van der Waals surface area contributed by atoms with E-state index in [1.54, 1.807) is 37.4 Å². The van der Waals surface area contributed by atoms with E-state index in [1.807, 2.05) is 42.5 Å². The Labute approximate surface area is 198 Å². The van der Waals surface area contributed by atoms with Gasteiger partial charge in [-0.25, -0.2) is 0 Å². The number of amides is 2. The third kappa shape index (κ3) is 4.81. The van der Waals surface area contributed by atoms with Gasteiger partial charge in [0.05, 0.1) is 32.1 Å². The van der Waals surface area contributed by atoms with Crippen LogP contribution in [0.25, 0.3) is 11.1 Å². The Kier molecular flexibility index (Phi) is 6.29. The number of benzene rings is 3.